The monoisotopic (exact) mass is 237 g/mol. The van der Waals surface area contributed by atoms with Crippen LogP contribution < -0.4 is 4.90 Å². The van der Waals surface area contributed by atoms with E-state index < -0.39 is 17.8 Å². The zero-order chi connectivity index (χ0) is 12.6. The standard InChI is InChI=1S/C11H11NO5/c13-7-4-10(15)12(5-7)6-1-2-8(11(16)17)9(14)3-6/h1-3,7,13-14H,4-5H2,(H,16,17). The maximum absolute atomic E-state index is 11.5. The van der Waals surface area contributed by atoms with Gasteiger partial charge in [0.2, 0.25) is 5.91 Å². The summed E-state index contributed by atoms with van der Waals surface area (Å²) < 4.78 is 0. The Hall–Kier alpha value is -2.08. The van der Waals surface area contributed by atoms with Gasteiger partial charge in [-0.1, -0.05) is 0 Å². The third-order valence-electron chi connectivity index (χ3n) is 2.63. The Morgan fingerprint density at radius 3 is 2.59 bits per heavy atom. The molecule has 3 N–H and O–H groups in total. The molecule has 1 saturated heterocycles. The number of carbonyl (C=O) groups is 2. The smallest absolute Gasteiger partial charge is 0.339 e. The molecule has 1 aliphatic heterocycles. The summed E-state index contributed by atoms with van der Waals surface area (Å²) in [6.07, 6.45) is -0.676. The Kier molecular flexibility index (Phi) is 2.72. The van der Waals surface area contributed by atoms with Crippen molar-refractivity contribution < 1.29 is 24.9 Å². The molecule has 1 heterocycles. The molecule has 0 radical (unpaired) electrons. The minimum Gasteiger partial charge on any atom is -0.507 e. The first-order valence-corrected chi connectivity index (χ1v) is 5.04. The van der Waals surface area contributed by atoms with Crippen LogP contribution in [0.2, 0.25) is 0 Å². The molecule has 1 aliphatic rings. The number of β-amino-alcohol motifs (C(OH)–C–C–N with tert-alkyl or cyclic N) is 1. The molecule has 0 spiro atoms. The van der Waals surface area contributed by atoms with Crippen molar-refractivity contribution in [2.24, 2.45) is 0 Å². The Morgan fingerprint density at radius 1 is 1.41 bits per heavy atom. The van der Waals surface area contributed by atoms with Crippen LogP contribution in [0.5, 0.6) is 5.75 Å². The molecule has 90 valence electrons. The summed E-state index contributed by atoms with van der Waals surface area (Å²) in [6, 6.07) is 3.86. The summed E-state index contributed by atoms with van der Waals surface area (Å²) in [5.74, 6) is -1.88. The van der Waals surface area contributed by atoms with Gasteiger partial charge in [0.05, 0.1) is 19.1 Å². The van der Waals surface area contributed by atoms with Crippen LogP contribution >= 0.6 is 0 Å². The van der Waals surface area contributed by atoms with Gasteiger partial charge >= 0.3 is 5.97 Å². The summed E-state index contributed by atoms with van der Waals surface area (Å²) in [4.78, 5) is 23.5. The van der Waals surface area contributed by atoms with E-state index >= 15 is 0 Å². The van der Waals surface area contributed by atoms with Gasteiger partial charge in [0.1, 0.15) is 11.3 Å². The quantitative estimate of drug-likeness (QED) is 0.682. The van der Waals surface area contributed by atoms with Crippen LogP contribution in [0, 0.1) is 0 Å². The second kappa shape index (κ2) is 4.06. The van der Waals surface area contributed by atoms with Gasteiger partial charge in [-0.15, -0.1) is 0 Å². The average molecular weight is 237 g/mol. The minimum absolute atomic E-state index is 0.0431. The first kappa shape index (κ1) is 11.4. The zero-order valence-electron chi connectivity index (χ0n) is 8.83. The molecule has 1 amide bonds. The van der Waals surface area contributed by atoms with Crippen LogP contribution in [0.3, 0.4) is 0 Å². The molecule has 1 unspecified atom stereocenters. The van der Waals surface area contributed by atoms with Crippen molar-refractivity contribution in [3.8, 4) is 5.75 Å². The lowest BCUT2D eigenvalue weighted by Gasteiger charge is -2.16. The van der Waals surface area contributed by atoms with E-state index in [1.807, 2.05) is 0 Å². The van der Waals surface area contributed by atoms with Crippen LogP contribution in [0.15, 0.2) is 18.2 Å². The van der Waals surface area contributed by atoms with Crippen LogP contribution in [0.4, 0.5) is 5.69 Å². The molecule has 0 bridgehead atoms. The number of amides is 1. The summed E-state index contributed by atoms with van der Waals surface area (Å²) in [5.41, 5.74) is 0.162. The lowest BCUT2D eigenvalue weighted by atomic mass is 10.1. The largest absolute Gasteiger partial charge is 0.507 e. The molecule has 0 aliphatic carbocycles. The molecule has 0 aromatic heterocycles. The molecule has 1 aromatic rings. The number of aliphatic hydroxyl groups is 1. The molecule has 6 heteroatoms. The van der Waals surface area contributed by atoms with Crippen molar-refractivity contribution in [1.82, 2.24) is 0 Å². The molecule has 2 rings (SSSR count). The number of rotatable bonds is 2. The van der Waals surface area contributed by atoms with Gasteiger partial charge in [0.25, 0.3) is 0 Å². The highest BCUT2D eigenvalue weighted by Crippen LogP contribution is 2.27. The SMILES string of the molecule is O=C(O)c1ccc(N2CC(O)CC2=O)cc1O. The predicted molar refractivity (Wildman–Crippen MR) is 58.0 cm³/mol. The number of hydrogen-bond acceptors (Lipinski definition) is 4. The predicted octanol–water partition coefficient (Wildman–Crippen LogP) is 0.188. The average Bonchev–Trinajstić information content (AvgIpc) is 2.57. The second-order valence-electron chi connectivity index (χ2n) is 3.87. The maximum Gasteiger partial charge on any atom is 0.339 e. The summed E-state index contributed by atoms with van der Waals surface area (Å²) in [7, 11) is 0. The fourth-order valence-corrected chi connectivity index (χ4v) is 1.81. The van der Waals surface area contributed by atoms with E-state index in [-0.39, 0.29) is 24.4 Å². The van der Waals surface area contributed by atoms with Crippen LogP contribution in [-0.4, -0.2) is 39.8 Å². The molecule has 1 atom stereocenters. The molecule has 17 heavy (non-hydrogen) atoms. The van der Waals surface area contributed by atoms with Gasteiger partial charge in [0.15, 0.2) is 0 Å². The number of phenols is 1. The Bertz CT molecular complexity index is 485. The number of anilines is 1. The van der Waals surface area contributed by atoms with E-state index in [2.05, 4.69) is 0 Å². The number of carbonyl (C=O) groups excluding carboxylic acids is 1. The number of hydrogen-bond donors (Lipinski definition) is 3. The van der Waals surface area contributed by atoms with Gasteiger partial charge < -0.3 is 20.2 Å². The first-order chi connectivity index (χ1) is 7.99. The Labute approximate surface area is 96.7 Å². The fourth-order valence-electron chi connectivity index (χ4n) is 1.81. The van der Waals surface area contributed by atoms with Gasteiger partial charge in [0, 0.05) is 11.8 Å². The topological polar surface area (TPSA) is 98.1 Å². The molecular formula is C11H11NO5. The fraction of sp³-hybridized carbons (Fsp3) is 0.273. The minimum atomic E-state index is -1.23. The summed E-state index contributed by atoms with van der Waals surface area (Å²) >= 11 is 0. The van der Waals surface area contributed by atoms with Gasteiger partial charge in [-0.2, -0.15) is 0 Å². The molecule has 1 fully saturated rings. The number of carboxylic acids is 1. The Morgan fingerprint density at radius 2 is 2.12 bits per heavy atom. The van der Waals surface area contributed by atoms with Crippen LogP contribution in [-0.2, 0) is 4.79 Å². The van der Waals surface area contributed by atoms with E-state index in [1.165, 1.54) is 23.1 Å². The normalized spacial score (nSPS) is 19.7. The third kappa shape index (κ3) is 2.07. The second-order valence-corrected chi connectivity index (χ2v) is 3.87. The zero-order valence-corrected chi connectivity index (χ0v) is 8.83. The maximum atomic E-state index is 11.5. The highest BCUT2D eigenvalue weighted by Gasteiger charge is 2.29. The lowest BCUT2D eigenvalue weighted by molar-refractivity contribution is -0.117. The number of nitrogens with zero attached hydrogens (tertiary/aromatic N) is 1. The molecule has 1 aromatic carbocycles. The molecule has 6 nitrogen and oxygen atoms in total. The van der Waals surface area contributed by atoms with Crippen molar-refractivity contribution in [3.05, 3.63) is 23.8 Å². The van der Waals surface area contributed by atoms with Crippen molar-refractivity contribution >= 4 is 17.6 Å². The number of aliphatic hydroxyl groups excluding tert-OH is 1. The number of aromatic hydroxyl groups is 1. The molecule has 0 saturated carbocycles. The van der Waals surface area contributed by atoms with Crippen molar-refractivity contribution in [3.63, 3.8) is 0 Å². The number of carboxylic acid groups (broad SMARTS) is 1. The van der Waals surface area contributed by atoms with E-state index in [1.54, 1.807) is 0 Å². The summed E-state index contributed by atoms with van der Waals surface area (Å²) in [5, 5.41) is 27.6. The Balaban J connectivity index is 2.32. The van der Waals surface area contributed by atoms with E-state index in [4.69, 9.17) is 5.11 Å². The highest BCUT2D eigenvalue weighted by atomic mass is 16.4. The lowest BCUT2D eigenvalue weighted by Crippen LogP contribution is -2.25. The van der Waals surface area contributed by atoms with Gasteiger partial charge in [-0.05, 0) is 12.1 Å². The van der Waals surface area contributed by atoms with Crippen LogP contribution in [0.25, 0.3) is 0 Å². The van der Waals surface area contributed by atoms with Gasteiger partial charge in [-0.3, -0.25) is 4.79 Å². The number of aromatic carboxylic acids is 1. The first-order valence-electron chi connectivity index (χ1n) is 5.04. The van der Waals surface area contributed by atoms with E-state index in [0.717, 1.165) is 0 Å². The van der Waals surface area contributed by atoms with Gasteiger partial charge in [-0.25, -0.2) is 4.79 Å². The third-order valence-corrected chi connectivity index (χ3v) is 2.63. The van der Waals surface area contributed by atoms with Crippen molar-refractivity contribution in [2.75, 3.05) is 11.4 Å². The van der Waals surface area contributed by atoms with Crippen molar-refractivity contribution in [1.29, 1.82) is 0 Å². The van der Waals surface area contributed by atoms with Crippen molar-refractivity contribution in [2.45, 2.75) is 12.5 Å². The highest BCUT2D eigenvalue weighted by molar-refractivity contribution is 5.97. The van der Waals surface area contributed by atoms with Crippen LogP contribution in [0.1, 0.15) is 16.8 Å². The number of benzene rings is 1. The van der Waals surface area contributed by atoms with E-state index in [9.17, 15) is 19.8 Å². The molecular weight excluding hydrogens is 226 g/mol. The van der Waals surface area contributed by atoms with E-state index in [0.29, 0.717) is 5.69 Å². The summed E-state index contributed by atoms with van der Waals surface area (Å²) in [6.45, 7) is 0.157.